The van der Waals surface area contributed by atoms with E-state index in [0.717, 1.165) is 0 Å². The summed E-state index contributed by atoms with van der Waals surface area (Å²) < 4.78 is 86.3. The highest BCUT2D eigenvalue weighted by molar-refractivity contribution is 5.53. The average Bonchev–Trinajstić information content (AvgIpc) is 2.15. The number of anilines is 1. The fraction of sp³-hybridized carbons (Fsp3) is 0.429. The lowest BCUT2D eigenvalue weighted by atomic mass is 9.95. The molecule has 1 aromatic carbocycles. The monoisotopic (exact) mass is 263 g/mol. The second kappa shape index (κ2) is 3.20. The predicted molar refractivity (Wildman–Crippen MR) is 39.8 cm³/mol. The second-order valence-electron chi connectivity index (χ2n) is 3.19. The van der Waals surface area contributed by atoms with E-state index in [0.29, 0.717) is 0 Å². The summed E-state index contributed by atoms with van der Waals surface area (Å²) in [5.74, 6) is -12.0. The molecule has 0 radical (unpaired) electrons. The molecule has 0 saturated carbocycles. The first kappa shape index (κ1) is 13.5. The maximum absolute atomic E-state index is 13.0. The van der Waals surface area contributed by atoms with E-state index < -0.39 is 40.0 Å². The number of hydrogen-bond acceptors (Lipinski definition) is 3. The van der Waals surface area contributed by atoms with E-state index >= 15 is 0 Å². The van der Waals surface area contributed by atoms with Crippen molar-refractivity contribution >= 4 is 5.69 Å². The lowest BCUT2D eigenvalue weighted by Crippen LogP contribution is -2.56. The van der Waals surface area contributed by atoms with Crippen molar-refractivity contribution in [2.45, 2.75) is 18.0 Å². The van der Waals surface area contributed by atoms with Crippen molar-refractivity contribution in [3.8, 4) is 0 Å². The molecule has 0 unspecified atom stereocenters. The zero-order valence-electron chi connectivity index (χ0n) is 7.72. The standard InChI is InChI=1S/C7H4F7N3/c8-5(9,6(10,11)7(12,13)14)1-2(15)4(17)3(1)16/h15,17H,16H2. The molecule has 0 bridgehead atoms. The molecule has 0 saturated heterocycles. The average molecular weight is 263 g/mol. The van der Waals surface area contributed by atoms with E-state index in [1.807, 2.05) is 0 Å². The first-order chi connectivity index (χ1) is 7.35. The molecule has 3 nitrogen and oxygen atoms in total. The van der Waals surface area contributed by atoms with Gasteiger partial charge in [0.25, 0.3) is 0 Å². The number of nitrogen functional groups attached to an aromatic ring is 1. The molecular weight excluding hydrogens is 259 g/mol. The quantitative estimate of drug-likeness (QED) is 0.693. The Balaban J connectivity index is 3.41. The van der Waals surface area contributed by atoms with Crippen molar-refractivity contribution in [1.82, 2.24) is 0 Å². The van der Waals surface area contributed by atoms with Gasteiger partial charge in [-0.1, -0.05) is 0 Å². The lowest BCUT2D eigenvalue weighted by molar-refractivity contribution is -0.359. The topological polar surface area (TPSA) is 73.7 Å². The summed E-state index contributed by atoms with van der Waals surface area (Å²) in [5, 5.41) is 11.1. The Bertz CT molecular complexity index is 520. The van der Waals surface area contributed by atoms with Crippen LogP contribution in [0.4, 0.5) is 36.4 Å². The van der Waals surface area contributed by atoms with Gasteiger partial charge >= 0.3 is 18.0 Å². The normalized spacial score (nSPS) is 14.3. The number of rotatable bonds is 2. The third-order valence-electron chi connectivity index (χ3n) is 2.10. The first-order valence-corrected chi connectivity index (χ1v) is 3.86. The molecular formula is C7H4F7N3. The number of hydrogen-bond donors (Lipinski definition) is 3. The fourth-order valence-corrected chi connectivity index (χ4v) is 1.12. The minimum absolute atomic E-state index is 0.988. The Morgan fingerprint density at radius 2 is 1.24 bits per heavy atom. The van der Waals surface area contributed by atoms with Gasteiger partial charge in [-0.05, 0) is 0 Å². The Morgan fingerprint density at radius 1 is 0.824 bits per heavy atom. The molecule has 0 atom stereocenters. The molecule has 0 heterocycles. The van der Waals surface area contributed by atoms with Gasteiger partial charge < -0.3 is 5.73 Å². The summed E-state index contributed by atoms with van der Waals surface area (Å²) in [6, 6.07) is 0. The third-order valence-corrected chi connectivity index (χ3v) is 2.10. The van der Waals surface area contributed by atoms with Crippen molar-refractivity contribution in [3.05, 3.63) is 16.3 Å². The highest BCUT2D eigenvalue weighted by atomic mass is 19.4. The summed E-state index contributed by atoms with van der Waals surface area (Å²) >= 11 is 0. The van der Waals surface area contributed by atoms with Crippen LogP contribution in [0, 0.1) is 10.8 Å². The molecule has 10 heteroatoms. The molecule has 0 aliphatic carbocycles. The van der Waals surface area contributed by atoms with E-state index in [1.165, 1.54) is 0 Å². The maximum atomic E-state index is 13.0. The summed E-state index contributed by atoms with van der Waals surface area (Å²) in [4.78, 5) is 0. The van der Waals surface area contributed by atoms with Crippen molar-refractivity contribution in [2.24, 2.45) is 0 Å². The summed E-state index contributed by atoms with van der Waals surface area (Å²) in [5.41, 5.74) is 1.53. The predicted octanol–water partition coefficient (Wildman–Crippen LogP) is 1.39. The van der Waals surface area contributed by atoms with Gasteiger partial charge in [0.05, 0.1) is 16.6 Å². The minimum Gasteiger partial charge on any atom is -0.396 e. The van der Waals surface area contributed by atoms with Crippen molar-refractivity contribution < 1.29 is 30.7 Å². The van der Waals surface area contributed by atoms with Crippen molar-refractivity contribution in [2.75, 3.05) is 5.73 Å². The van der Waals surface area contributed by atoms with Gasteiger partial charge in [-0.25, -0.2) is 0 Å². The zero-order chi connectivity index (χ0) is 13.8. The van der Waals surface area contributed by atoms with Crippen LogP contribution in [-0.2, 0) is 5.92 Å². The van der Waals surface area contributed by atoms with Gasteiger partial charge in [0.1, 0.15) is 5.36 Å². The molecule has 0 spiro atoms. The Morgan fingerprint density at radius 3 is 1.53 bits per heavy atom. The number of nitrogens with one attached hydrogen (secondary N) is 2. The van der Waals surface area contributed by atoms with Crippen LogP contribution in [0.1, 0.15) is 5.56 Å². The lowest BCUT2D eigenvalue weighted by Gasteiger charge is -2.30. The van der Waals surface area contributed by atoms with Crippen LogP contribution in [0.3, 0.4) is 0 Å². The smallest absolute Gasteiger partial charge is 0.396 e. The van der Waals surface area contributed by atoms with Crippen LogP contribution in [-0.4, -0.2) is 12.1 Å². The van der Waals surface area contributed by atoms with Crippen molar-refractivity contribution in [3.63, 3.8) is 0 Å². The Kier molecular flexibility index (Phi) is 2.53. The summed E-state index contributed by atoms with van der Waals surface area (Å²) in [6.07, 6.45) is -6.48. The van der Waals surface area contributed by atoms with E-state index in [1.54, 1.807) is 0 Å². The Labute approximate surface area is 88.4 Å². The molecule has 17 heavy (non-hydrogen) atoms. The van der Waals surface area contributed by atoms with E-state index in [4.69, 9.17) is 16.6 Å². The van der Waals surface area contributed by atoms with Crippen LogP contribution < -0.4 is 16.4 Å². The molecule has 0 aliphatic rings. The van der Waals surface area contributed by atoms with E-state index in [2.05, 4.69) is 0 Å². The number of nitrogens with two attached hydrogens (primary N) is 1. The minimum atomic E-state index is -6.48. The van der Waals surface area contributed by atoms with Gasteiger partial charge in [-0.2, -0.15) is 30.7 Å². The van der Waals surface area contributed by atoms with Crippen LogP contribution in [0.2, 0.25) is 0 Å². The van der Waals surface area contributed by atoms with Crippen molar-refractivity contribution in [1.29, 1.82) is 10.8 Å². The Hall–Kier alpha value is -1.61. The maximum Gasteiger partial charge on any atom is 0.460 e. The van der Waals surface area contributed by atoms with Crippen LogP contribution in [0.15, 0.2) is 0 Å². The molecule has 96 valence electrons. The molecule has 4 N–H and O–H groups in total. The summed E-state index contributed by atoms with van der Waals surface area (Å²) in [7, 11) is 0. The molecule has 1 rings (SSSR count). The van der Waals surface area contributed by atoms with Gasteiger partial charge in [-0.3, -0.25) is 10.8 Å². The van der Waals surface area contributed by atoms with E-state index in [9.17, 15) is 30.7 Å². The number of halogens is 7. The van der Waals surface area contributed by atoms with Crippen LogP contribution >= 0.6 is 0 Å². The van der Waals surface area contributed by atoms with E-state index in [-0.39, 0.29) is 0 Å². The SMILES string of the molecule is N=c1c(N)c(C(F)(F)C(F)(F)C(F)(F)F)c1=N. The van der Waals surface area contributed by atoms with Gasteiger partial charge in [0.2, 0.25) is 0 Å². The van der Waals surface area contributed by atoms with Crippen LogP contribution in [0.25, 0.3) is 0 Å². The highest BCUT2D eigenvalue weighted by Gasteiger charge is 2.74. The van der Waals surface area contributed by atoms with Crippen LogP contribution in [0.5, 0.6) is 0 Å². The third kappa shape index (κ3) is 1.50. The first-order valence-electron chi connectivity index (χ1n) is 3.86. The molecule has 0 aliphatic heterocycles. The van der Waals surface area contributed by atoms with Gasteiger partial charge in [-0.15, -0.1) is 0 Å². The molecule has 0 aromatic heterocycles. The largest absolute Gasteiger partial charge is 0.460 e. The fourth-order valence-electron chi connectivity index (χ4n) is 1.12. The zero-order valence-corrected chi connectivity index (χ0v) is 7.72. The molecule has 1 aromatic rings. The number of alkyl halides is 7. The summed E-state index contributed by atoms with van der Waals surface area (Å²) in [6.45, 7) is 0. The van der Waals surface area contributed by atoms with Gasteiger partial charge in [0.15, 0.2) is 0 Å². The molecule has 0 amide bonds. The van der Waals surface area contributed by atoms with Gasteiger partial charge in [0, 0.05) is 0 Å². The molecule has 0 fully saturated rings. The second-order valence-corrected chi connectivity index (χ2v) is 3.19. The highest BCUT2D eigenvalue weighted by Crippen LogP contribution is 2.51.